The molecule has 0 spiro atoms. The standard InChI is InChI=1S/C13H23NO/c1-9(10-4-6-14-7-5-10)12-8-11-2-3-13(12)15-11/h9-14H,2-8H2,1H3. The largest absolute Gasteiger partial charge is 0.375 e. The molecule has 2 bridgehead atoms. The minimum atomic E-state index is 0.625. The molecule has 0 aliphatic carbocycles. The molecule has 3 aliphatic heterocycles. The van der Waals surface area contributed by atoms with Crippen molar-refractivity contribution >= 4 is 0 Å². The van der Waals surface area contributed by atoms with Gasteiger partial charge in [-0.15, -0.1) is 0 Å². The lowest BCUT2D eigenvalue weighted by Crippen LogP contribution is -2.35. The lowest BCUT2D eigenvalue weighted by Gasteiger charge is -2.34. The predicted molar refractivity (Wildman–Crippen MR) is 60.8 cm³/mol. The Balaban J connectivity index is 1.61. The summed E-state index contributed by atoms with van der Waals surface area (Å²) in [5.41, 5.74) is 0. The van der Waals surface area contributed by atoms with Gasteiger partial charge in [0.1, 0.15) is 0 Å². The molecule has 86 valence electrons. The topological polar surface area (TPSA) is 21.3 Å². The monoisotopic (exact) mass is 209 g/mol. The summed E-state index contributed by atoms with van der Waals surface area (Å²) in [6.07, 6.45) is 8.05. The molecular weight excluding hydrogens is 186 g/mol. The van der Waals surface area contributed by atoms with Gasteiger partial charge < -0.3 is 10.1 Å². The quantitative estimate of drug-likeness (QED) is 0.752. The highest BCUT2D eigenvalue weighted by Crippen LogP contribution is 2.45. The van der Waals surface area contributed by atoms with E-state index in [0.29, 0.717) is 12.2 Å². The number of nitrogens with one attached hydrogen (secondary N) is 1. The Kier molecular flexibility index (Phi) is 2.73. The summed E-state index contributed by atoms with van der Waals surface area (Å²) in [7, 11) is 0. The van der Waals surface area contributed by atoms with E-state index in [1.165, 1.54) is 45.2 Å². The molecule has 0 radical (unpaired) electrons. The van der Waals surface area contributed by atoms with Crippen molar-refractivity contribution < 1.29 is 4.74 Å². The van der Waals surface area contributed by atoms with Crippen molar-refractivity contribution in [3.05, 3.63) is 0 Å². The third-order valence-corrected chi connectivity index (χ3v) is 4.96. The normalized spacial score (nSPS) is 43.4. The van der Waals surface area contributed by atoms with Gasteiger partial charge in [-0.3, -0.25) is 0 Å². The van der Waals surface area contributed by atoms with E-state index in [2.05, 4.69) is 12.2 Å². The molecule has 2 heteroatoms. The summed E-state index contributed by atoms with van der Waals surface area (Å²) >= 11 is 0. The Morgan fingerprint density at radius 3 is 2.53 bits per heavy atom. The van der Waals surface area contributed by atoms with E-state index in [1.807, 2.05) is 0 Å². The van der Waals surface area contributed by atoms with Crippen molar-refractivity contribution in [3.8, 4) is 0 Å². The maximum absolute atomic E-state index is 5.98. The first kappa shape index (κ1) is 10.1. The second-order valence-electron chi connectivity index (χ2n) is 5.72. The van der Waals surface area contributed by atoms with Crippen molar-refractivity contribution in [2.24, 2.45) is 17.8 Å². The van der Waals surface area contributed by atoms with Crippen LogP contribution in [0.4, 0.5) is 0 Å². The van der Waals surface area contributed by atoms with Crippen LogP contribution in [0.3, 0.4) is 0 Å². The van der Waals surface area contributed by atoms with E-state index in [-0.39, 0.29) is 0 Å². The average molecular weight is 209 g/mol. The maximum Gasteiger partial charge on any atom is 0.0611 e. The van der Waals surface area contributed by atoms with Crippen LogP contribution in [0.25, 0.3) is 0 Å². The molecule has 0 saturated carbocycles. The molecule has 1 N–H and O–H groups in total. The molecule has 2 nitrogen and oxygen atoms in total. The van der Waals surface area contributed by atoms with E-state index < -0.39 is 0 Å². The highest BCUT2D eigenvalue weighted by atomic mass is 16.5. The Labute approximate surface area is 92.8 Å². The van der Waals surface area contributed by atoms with Crippen LogP contribution >= 0.6 is 0 Å². The first-order valence-corrected chi connectivity index (χ1v) is 6.71. The van der Waals surface area contributed by atoms with Crippen LogP contribution in [0, 0.1) is 17.8 Å². The molecule has 3 saturated heterocycles. The van der Waals surface area contributed by atoms with E-state index >= 15 is 0 Å². The molecule has 3 fully saturated rings. The Morgan fingerprint density at radius 1 is 1.13 bits per heavy atom. The van der Waals surface area contributed by atoms with Gasteiger partial charge in [-0.25, -0.2) is 0 Å². The number of piperidine rings is 1. The Morgan fingerprint density at radius 2 is 1.93 bits per heavy atom. The lowest BCUT2D eigenvalue weighted by atomic mass is 9.72. The fourth-order valence-electron chi connectivity index (χ4n) is 3.95. The van der Waals surface area contributed by atoms with E-state index in [4.69, 9.17) is 4.74 Å². The van der Waals surface area contributed by atoms with Crippen LogP contribution in [0.2, 0.25) is 0 Å². The number of hydrogen-bond acceptors (Lipinski definition) is 2. The third kappa shape index (κ3) is 1.83. The molecule has 0 aromatic heterocycles. The fourth-order valence-corrected chi connectivity index (χ4v) is 3.95. The predicted octanol–water partition coefficient (Wildman–Crippen LogP) is 2.19. The second-order valence-corrected chi connectivity index (χ2v) is 5.72. The lowest BCUT2D eigenvalue weighted by molar-refractivity contribution is 0.0713. The summed E-state index contributed by atoms with van der Waals surface area (Å²) in [6, 6.07) is 0. The summed E-state index contributed by atoms with van der Waals surface area (Å²) in [5.74, 6) is 2.73. The molecule has 0 amide bonds. The zero-order valence-corrected chi connectivity index (χ0v) is 9.74. The van der Waals surface area contributed by atoms with Crippen molar-refractivity contribution in [2.75, 3.05) is 13.1 Å². The van der Waals surface area contributed by atoms with Gasteiger partial charge >= 0.3 is 0 Å². The van der Waals surface area contributed by atoms with Crippen LogP contribution in [0.15, 0.2) is 0 Å². The summed E-state index contributed by atoms with van der Waals surface area (Å²) < 4.78 is 5.98. The van der Waals surface area contributed by atoms with E-state index in [9.17, 15) is 0 Å². The molecule has 0 aromatic carbocycles. The smallest absolute Gasteiger partial charge is 0.0611 e. The molecule has 3 rings (SSSR count). The highest BCUT2D eigenvalue weighted by Gasteiger charge is 2.44. The highest BCUT2D eigenvalue weighted by molar-refractivity contribution is 4.93. The average Bonchev–Trinajstić information content (AvgIpc) is 2.91. The van der Waals surface area contributed by atoms with Gasteiger partial charge in [0.2, 0.25) is 0 Å². The van der Waals surface area contributed by atoms with E-state index in [0.717, 1.165) is 17.8 Å². The fraction of sp³-hybridized carbons (Fsp3) is 1.00. The Bertz CT molecular complexity index is 225. The van der Waals surface area contributed by atoms with Crippen molar-refractivity contribution in [1.82, 2.24) is 5.32 Å². The zero-order valence-electron chi connectivity index (χ0n) is 9.74. The van der Waals surface area contributed by atoms with Crippen LogP contribution in [-0.2, 0) is 4.74 Å². The Hall–Kier alpha value is -0.0800. The molecule has 15 heavy (non-hydrogen) atoms. The second kappa shape index (κ2) is 4.06. The molecule has 4 unspecified atom stereocenters. The van der Waals surface area contributed by atoms with Crippen molar-refractivity contribution in [2.45, 2.75) is 51.2 Å². The van der Waals surface area contributed by atoms with Gasteiger partial charge in [0.25, 0.3) is 0 Å². The molecule has 3 heterocycles. The molecule has 0 aromatic rings. The van der Waals surface area contributed by atoms with Crippen LogP contribution in [0.5, 0.6) is 0 Å². The molecule has 3 aliphatic rings. The number of rotatable bonds is 2. The van der Waals surface area contributed by atoms with Gasteiger partial charge in [0, 0.05) is 0 Å². The first-order chi connectivity index (χ1) is 7.34. The zero-order chi connectivity index (χ0) is 10.3. The van der Waals surface area contributed by atoms with Crippen LogP contribution < -0.4 is 5.32 Å². The number of ether oxygens (including phenoxy) is 1. The molecule has 4 atom stereocenters. The molecular formula is C13H23NO. The summed E-state index contributed by atoms with van der Waals surface area (Å²) in [6.45, 7) is 4.94. The third-order valence-electron chi connectivity index (χ3n) is 4.96. The maximum atomic E-state index is 5.98. The van der Waals surface area contributed by atoms with Gasteiger partial charge in [0.05, 0.1) is 12.2 Å². The summed E-state index contributed by atoms with van der Waals surface area (Å²) in [5, 5.41) is 3.46. The minimum absolute atomic E-state index is 0.625. The van der Waals surface area contributed by atoms with Gasteiger partial charge in [-0.2, -0.15) is 0 Å². The van der Waals surface area contributed by atoms with Crippen molar-refractivity contribution in [1.29, 1.82) is 0 Å². The van der Waals surface area contributed by atoms with Gasteiger partial charge in [-0.1, -0.05) is 6.92 Å². The van der Waals surface area contributed by atoms with E-state index in [1.54, 1.807) is 0 Å². The van der Waals surface area contributed by atoms with Crippen molar-refractivity contribution in [3.63, 3.8) is 0 Å². The minimum Gasteiger partial charge on any atom is -0.375 e. The first-order valence-electron chi connectivity index (χ1n) is 6.71. The van der Waals surface area contributed by atoms with Crippen LogP contribution in [-0.4, -0.2) is 25.3 Å². The summed E-state index contributed by atoms with van der Waals surface area (Å²) in [4.78, 5) is 0. The van der Waals surface area contributed by atoms with Gasteiger partial charge in [-0.05, 0) is 62.9 Å². The number of hydrogen-bond donors (Lipinski definition) is 1. The van der Waals surface area contributed by atoms with Gasteiger partial charge in [0.15, 0.2) is 0 Å². The SMILES string of the molecule is CC(C1CCNCC1)C1CC2CCC1O2. The van der Waals surface area contributed by atoms with Crippen LogP contribution in [0.1, 0.15) is 39.0 Å². The number of fused-ring (bicyclic) bond motifs is 2.